The van der Waals surface area contributed by atoms with E-state index in [-0.39, 0.29) is 6.04 Å². The van der Waals surface area contributed by atoms with E-state index in [2.05, 4.69) is 30.6 Å². The van der Waals surface area contributed by atoms with Gasteiger partial charge in [-0.3, -0.25) is 0 Å². The first kappa shape index (κ1) is 13.0. The normalized spacial score (nSPS) is 17.6. The molecule has 0 radical (unpaired) electrons. The van der Waals surface area contributed by atoms with Gasteiger partial charge in [0.25, 0.3) is 0 Å². The molecule has 3 rings (SSSR count). The monoisotopic (exact) mass is 265 g/mol. The van der Waals surface area contributed by atoms with Gasteiger partial charge in [-0.2, -0.15) is 5.26 Å². The molecule has 1 heterocycles. The van der Waals surface area contributed by atoms with E-state index in [9.17, 15) is 0 Å². The lowest BCUT2D eigenvalue weighted by Gasteiger charge is -2.22. The molecule has 0 saturated carbocycles. The third-order valence-electron chi connectivity index (χ3n) is 4.23. The Hall–Kier alpha value is -2.05. The molecule has 1 aromatic heterocycles. The predicted molar refractivity (Wildman–Crippen MR) is 79.8 cm³/mol. The molecule has 1 aliphatic carbocycles. The molecule has 1 aromatic carbocycles. The van der Waals surface area contributed by atoms with E-state index < -0.39 is 0 Å². The van der Waals surface area contributed by atoms with Gasteiger partial charge in [0.1, 0.15) is 0 Å². The van der Waals surface area contributed by atoms with Gasteiger partial charge >= 0.3 is 0 Å². The van der Waals surface area contributed by atoms with Crippen LogP contribution in [0.2, 0.25) is 0 Å². The minimum absolute atomic E-state index is 0.151. The molecule has 20 heavy (non-hydrogen) atoms. The molecule has 1 unspecified atom stereocenters. The summed E-state index contributed by atoms with van der Waals surface area (Å²) in [5.41, 5.74) is 13.0. The summed E-state index contributed by atoms with van der Waals surface area (Å²) in [5.74, 6) is 0. The number of nitrogens with zero attached hydrogens (tertiary/aromatic N) is 2. The van der Waals surface area contributed by atoms with Crippen molar-refractivity contribution in [1.82, 2.24) is 4.57 Å². The zero-order valence-corrected chi connectivity index (χ0v) is 12.0. The van der Waals surface area contributed by atoms with Crippen LogP contribution in [0.1, 0.15) is 47.0 Å². The average molecular weight is 265 g/mol. The predicted octanol–water partition coefficient (Wildman–Crippen LogP) is 3.30. The fourth-order valence-electron chi connectivity index (χ4n) is 3.19. The van der Waals surface area contributed by atoms with E-state index in [1.165, 1.54) is 22.5 Å². The first-order valence-corrected chi connectivity index (χ1v) is 7.09. The number of fused-ring (bicyclic) bond motifs is 1. The molecule has 1 atom stereocenters. The number of nitrogens with two attached hydrogens (primary N) is 1. The van der Waals surface area contributed by atoms with Gasteiger partial charge in [-0.1, -0.05) is 6.07 Å². The van der Waals surface area contributed by atoms with Crippen molar-refractivity contribution in [2.45, 2.75) is 39.2 Å². The van der Waals surface area contributed by atoms with E-state index in [1.54, 1.807) is 0 Å². The van der Waals surface area contributed by atoms with Crippen LogP contribution in [0.15, 0.2) is 24.3 Å². The van der Waals surface area contributed by atoms with E-state index in [0.29, 0.717) is 5.56 Å². The van der Waals surface area contributed by atoms with Crippen molar-refractivity contribution in [1.29, 1.82) is 5.26 Å². The molecular formula is C17H19N3. The highest BCUT2D eigenvalue weighted by atomic mass is 15.0. The van der Waals surface area contributed by atoms with Crippen LogP contribution >= 0.6 is 0 Å². The quantitative estimate of drug-likeness (QED) is 0.860. The lowest BCUT2D eigenvalue weighted by atomic mass is 9.93. The van der Waals surface area contributed by atoms with Gasteiger partial charge in [-0.05, 0) is 62.4 Å². The van der Waals surface area contributed by atoms with Crippen molar-refractivity contribution in [2.24, 2.45) is 5.73 Å². The minimum atomic E-state index is 0.151. The second kappa shape index (κ2) is 4.81. The molecule has 0 amide bonds. The Labute approximate surface area is 119 Å². The fourth-order valence-corrected chi connectivity index (χ4v) is 3.19. The van der Waals surface area contributed by atoms with Gasteiger partial charge in [0.15, 0.2) is 0 Å². The van der Waals surface area contributed by atoms with Crippen LogP contribution in [-0.2, 0) is 6.42 Å². The Morgan fingerprint density at radius 2 is 2.10 bits per heavy atom. The molecule has 1 aliphatic rings. The molecule has 102 valence electrons. The van der Waals surface area contributed by atoms with Gasteiger partial charge in [0.05, 0.1) is 11.6 Å². The molecule has 0 spiro atoms. The van der Waals surface area contributed by atoms with Crippen molar-refractivity contribution >= 4 is 0 Å². The molecule has 0 aliphatic heterocycles. The Balaban J connectivity index is 2.23. The van der Waals surface area contributed by atoms with Crippen LogP contribution in [0, 0.1) is 25.2 Å². The number of aryl methyl sites for hydroxylation is 2. The van der Waals surface area contributed by atoms with E-state index in [1.807, 2.05) is 18.2 Å². The number of aromatic nitrogens is 1. The maximum Gasteiger partial charge on any atom is 0.0992 e. The van der Waals surface area contributed by atoms with Crippen molar-refractivity contribution < 1.29 is 0 Å². The van der Waals surface area contributed by atoms with Gasteiger partial charge in [-0.25, -0.2) is 0 Å². The van der Waals surface area contributed by atoms with E-state index >= 15 is 0 Å². The largest absolute Gasteiger partial charge is 0.324 e. The lowest BCUT2D eigenvalue weighted by molar-refractivity contribution is 0.559. The van der Waals surface area contributed by atoms with Crippen LogP contribution in [0.5, 0.6) is 0 Å². The summed E-state index contributed by atoms with van der Waals surface area (Å²) >= 11 is 0. The highest BCUT2D eigenvalue weighted by Crippen LogP contribution is 2.33. The van der Waals surface area contributed by atoms with Gasteiger partial charge in [0, 0.05) is 23.1 Å². The van der Waals surface area contributed by atoms with Crippen LogP contribution in [0.25, 0.3) is 5.69 Å². The van der Waals surface area contributed by atoms with Crippen molar-refractivity contribution in [3.8, 4) is 11.8 Å². The molecule has 3 nitrogen and oxygen atoms in total. The Morgan fingerprint density at radius 1 is 1.30 bits per heavy atom. The maximum atomic E-state index is 9.12. The van der Waals surface area contributed by atoms with Gasteiger partial charge in [-0.15, -0.1) is 0 Å². The SMILES string of the molecule is Cc1ccc(C#N)cc1-n1c(C)cc2c1CCCC2N. The fraction of sp³-hybridized carbons (Fsp3) is 0.353. The molecule has 0 saturated heterocycles. The first-order chi connectivity index (χ1) is 9.61. The number of benzene rings is 1. The third-order valence-corrected chi connectivity index (χ3v) is 4.23. The standard InChI is InChI=1S/C17H19N3/c1-11-6-7-13(10-18)9-17(11)20-12(2)8-14-15(19)4-3-5-16(14)20/h6-9,15H,3-5,19H2,1-2H3. The number of nitriles is 1. The maximum absolute atomic E-state index is 9.12. The van der Waals surface area contributed by atoms with Crippen LogP contribution in [0.3, 0.4) is 0 Å². The number of hydrogen-bond acceptors (Lipinski definition) is 2. The summed E-state index contributed by atoms with van der Waals surface area (Å²) in [7, 11) is 0. The second-order valence-corrected chi connectivity index (χ2v) is 5.63. The molecule has 2 N–H and O–H groups in total. The molecule has 3 heteroatoms. The number of rotatable bonds is 1. The summed E-state index contributed by atoms with van der Waals surface area (Å²) in [4.78, 5) is 0. The highest BCUT2D eigenvalue weighted by Gasteiger charge is 2.23. The van der Waals surface area contributed by atoms with Crippen LogP contribution in [-0.4, -0.2) is 4.57 Å². The molecular weight excluding hydrogens is 246 g/mol. The van der Waals surface area contributed by atoms with E-state index in [0.717, 1.165) is 24.9 Å². The molecule has 0 fully saturated rings. The third kappa shape index (κ3) is 1.93. The summed E-state index contributed by atoms with van der Waals surface area (Å²) in [6.07, 6.45) is 3.26. The zero-order chi connectivity index (χ0) is 14.3. The van der Waals surface area contributed by atoms with Crippen molar-refractivity contribution in [3.05, 3.63) is 52.3 Å². The second-order valence-electron chi connectivity index (χ2n) is 5.63. The summed E-state index contributed by atoms with van der Waals surface area (Å²) < 4.78 is 2.28. The minimum Gasteiger partial charge on any atom is -0.324 e. The zero-order valence-electron chi connectivity index (χ0n) is 12.0. The Bertz CT molecular complexity index is 704. The van der Waals surface area contributed by atoms with Crippen molar-refractivity contribution in [3.63, 3.8) is 0 Å². The summed E-state index contributed by atoms with van der Waals surface area (Å²) in [5, 5.41) is 9.12. The number of hydrogen-bond donors (Lipinski definition) is 1. The smallest absolute Gasteiger partial charge is 0.0992 e. The topological polar surface area (TPSA) is 54.7 Å². The van der Waals surface area contributed by atoms with Crippen molar-refractivity contribution in [2.75, 3.05) is 0 Å². The highest BCUT2D eigenvalue weighted by molar-refractivity contribution is 5.51. The van der Waals surface area contributed by atoms with Gasteiger partial charge < -0.3 is 10.3 Å². The Kier molecular flexibility index (Phi) is 3.11. The van der Waals surface area contributed by atoms with Crippen LogP contribution < -0.4 is 5.73 Å². The molecule has 0 bridgehead atoms. The molecule has 2 aromatic rings. The summed E-state index contributed by atoms with van der Waals surface area (Å²) in [6.45, 7) is 4.20. The lowest BCUT2D eigenvalue weighted by Crippen LogP contribution is -2.18. The van der Waals surface area contributed by atoms with E-state index in [4.69, 9.17) is 11.0 Å². The first-order valence-electron chi connectivity index (χ1n) is 7.09. The average Bonchev–Trinajstić information content (AvgIpc) is 2.77. The van der Waals surface area contributed by atoms with Crippen LogP contribution in [0.4, 0.5) is 0 Å². The van der Waals surface area contributed by atoms with Gasteiger partial charge in [0.2, 0.25) is 0 Å². The Morgan fingerprint density at radius 3 is 2.85 bits per heavy atom. The summed E-state index contributed by atoms with van der Waals surface area (Å²) in [6, 6.07) is 10.4.